The van der Waals surface area contributed by atoms with Crippen molar-refractivity contribution >= 4 is 5.57 Å². The van der Waals surface area contributed by atoms with Crippen molar-refractivity contribution in [3.8, 4) is 89.4 Å². The lowest BCUT2D eigenvalue weighted by molar-refractivity contribution is 1.16. The molecule has 2 heteroatoms. The van der Waals surface area contributed by atoms with Crippen molar-refractivity contribution in [2.24, 2.45) is 0 Å². The topological polar surface area (TPSA) is 25.8 Å². The first-order valence-corrected chi connectivity index (χ1v) is 20.2. The van der Waals surface area contributed by atoms with E-state index in [0.29, 0.717) is 5.82 Å². The summed E-state index contributed by atoms with van der Waals surface area (Å²) in [6.07, 6.45) is 5.53. The molecule has 8 aromatic carbocycles. The third-order valence-electron chi connectivity index (χ3n) is 10.9. The molecule has 0 aliphatic carbocycles. The van der Waals surface area contributed by atoms with E-state index in [2.05, 4.69) is 201 Å². The lowest BCUT2D eigenvalue weighted by atomic mass is 9.77. The third kappa shape index (κ3) is 7.46. The van der Waals surface area contributed by atoms with Crippen LogP contribution in [-0.4, -0.2) is 9.97 Å². The average Bonchev–Trinajstić information content (AvgIpc) is 3.33. The minimum Gasteiger partial charge on any atom is -0.228 e. The molecular formula is C58H42N2. The summed E-state index contributed by atoms with van der Waals surface area (Å²) in [7, 11) is 0. The van der Waals surface area contributed by atoms with Crippen LogP contribution >= 0.6 is 0 Å². The monoisotopic (exact) mass is 766 g/mol. The van der Waals surface area contributed by atoms with E-state index in [9.17, 15) is 0 Å². The van der Waals surface area contributed by atoms with Gasteiger partial charge < -0.3 is 0 Å². The van der Waals surface area contributed by atoms with Crippen LogP contribution in [0.4, 0.5) is 0 Å². The first-order valence-electron chi connectivity index (χ1n) is 20.2. The minimum absolute atomic E-state index is 0.631. The molecule has 0 unspecified atom stereocenters. The van der Waals surface area contributed by atoms with Crippen LogP contribution < -0.4 is 0 Å². The van der Waals surface area contributed by atoms with E-state index in [1.807, 2.05) is 36.4 Å². The van der Waals surface area contributed by atoms with Gasteiger partial charge in [0.05, 0.1) is 11.4 Å². The first-order chi connectivity index (χ1) is 29.7. The molecule has 1 aromatic heterocycles. The number of allylic oxidation sites excluding steroid dienone is 4. The molecule has 0 bridgehead atoms. The maximum atomic E-state index is 5.26. The van der Waals surface area contributed by atoms with E-state index in [-0.39, 0.29) is 0 Å². The van der Waals surface area contributed by atoms with Gasteiger partial charge in [-0.2, -0.15) is 0 Å². The van der Waals surface area contributed by atoms with Crippen molar-refractivity contribution in [1.29, 1.82) is 0 Å². The molecule has 0 saturated heterocycles. The highest BCUT2D eigenvalue weighted by atomic mass is 14.9. The molecule has 0 aliphatic rings. The van der Waals surface area contributed by atoms with Gasteiger partial charge in [-0.1, -0.05) is 232 Å². The van der Waals surface area contributed by atoms with Gasteiger partial charge >= 0.3 is 0 Å². The van der Waals surface area contributed by atoms with E-state index in [4.69, 9.17) is 9.97 Å². The molecule has 0 aliphatic heterocycles. The predicted octanol–water partition coefficient (Wildman–Crippen LogP) is 15.6. The fourth-order valence-electron chi connectivity index (χ4n) is 8.17. The Bertz CT molecular complexity index is 2970. The Morgan fingerprint density at radius 2 is 0.750 bits per heavy atom. The molecule has 0 saturated carbocycles. The maximum Gasteiger partial charge on any atom is 0.161 e. The third-order valence-corrected chi connectivity index (χ3v) is 10.9. The maximum absolute atomic E-state index is 5.26. The Morgan fingerprint density at radius 3 is 1.25 bits per heavy atom. The number of rotatable bonds is 11. The molecule has 2 nitrogen and oxygen atoms in total. The molecule has 284 valence electrons. The fraction of sp³-hybridized carbons (Fsp3) is 0. The molecule has 0 atom stereocenters. The van der Waals surface area contributed by atoms with E-state index in [0.717, 1.165) is 78.2 Å². The highest BCUT2D eigenvalue weighted by Crippen LogP contribution is 2.52. The van der Waals surface area contributed by atoms with Gasteiger partial charge in [-0.3, -0.25) is 0 Å². The van der Waals surface area contributed by atoms with Gasteiger partial charge in [-0.25, -0.2) is 9.97 Å². The summed E-state index contributed by atoms with van der Waals surface area (Å²) in [4.78, 5) is 10.5. The van der Waals surface area contributed by atoms with Gasteiger partial charge in [0.1, 0.15) is 0 Å². The van der Waals surface area contributed by atoms with Gasteiger partial charge in [-0.05, 0) is 84.5 Å². The summed E-state index contributed by atoms with van der Waals surface area (Å²) in [5.74, 6) is 0.631. The summed E-state index contributed by atoms with van der Waals surface area (Å²) in [5.41, 5.74) is 18.1. The summed E-state index contributed by atoms with van der Waals surface area (Å²) >= 11 is 0. The van der Waals surface area contributed by atoms with Crippen LogP contribution in [0, 0.1) is 0 Å². The number of hydrogen-bond acceptors (Lipinski definition) is 2. The van der Waals surface area contributed by atoms with E-state index in [1.54, 1.807) is 6.08 Å². The van der Waals surface area contributed by atoms with E-state index in [1.165, 1.54) is 16.7 Å². The fourth-order valence-corrected chi connectivity index (χ4v) is 8.17. The van der Waals surface area contributed by atoms with Gasteiger partial charge in [-0.15, -0.1) is 0 Å². The van der Waals surface area contributed by atoms with Crippen LogP contribution in [0.3, 0.4) is 0 Å². The Labute approximate surface area is 352 Å². The molecule has 9 rings (SSSR count). The molecule has 0 radical (unpaired) electrons. The zero-order valence-electron chi connectivity index (χ0n) is 33.2. The molecule has 0 N–H and O–H groups in total. The standard InChI is InChI=1S/C58H42N2/c1-3-24-41(4-2)53-40-54(43-27-12-6-13-28-43)60-58(59-53)50-38-23-22-36-48(50)47-35-20-21-37-49(47)52-39-51(42-25-10-5-11-26-42)55(44-29-14-7-15-30-44)57(46-33-18-9-19-34-46)56(52)45-31-16-8-17-32-45/h3-40H,1-2H2/b41-24+. The Balaban J connectivity index is 1.37. The molecular weight excluding hydrogens is 725 g/mol. The van der Waals surface area contributed by atoms with E-state index >= 15 is 0 Å². The quantitative estimate of drug-likeness (QED) is 0.123. The van der Waals surface area contributed by atoms with Crippen LogP contribution in [0.1, 0.15) is 5.69 Å². The van der Waals surface area contributed by atoms with Crippen molar-refractivity contribution in [3.05, 3.63) is 249 Å². The zero-order valence-corrected chi connectivity index (χ0v) is 33.2. The van der Waals surface area contributed by atoms with Crippen LogP contribution in [0.2, 0.25) is 0 Å². The molecule has 60 heavy (non-hydrogen) atoms. The minimum atomic E-state index is 0.631. The van der Waals surface area contributed by atoms with Crippen LogP contribution in [-0.2, 0) is 0 Å². The Kier molecular flexibility index (Phi) is 10.8. The average molecular weight is 767 g/mol. The number of benzene rings is 8. The molecule has 1 heterocycles. The molecule has 0 amide bonds. The smallest absolute Gasteiger partial charge is 0.161 e. The van der Waals surface area contributed by atoms with E-state index < -0.39 is 0 Å². The van der Waals surface area contributed by atoms with Gasteiger partial charge in [0.15, 0.2) is 5.82 Å². The summed E-state index contributed by atoms with van der Waals surface area (Å²) in [5, 5.41) is 0. The lowest BCUT2D eigenvalue weighted by Crippen LogP contribution is -2.00. The second kappa shape index (κ2) is 17.3. The molecule has 0 spiro atoms. The van der Waals surface area contributed by atoms with Crippen LogP contribution in [0.25, 0.3) is 95.0 Å². The zero-order chi connectivity index (χ0) is 40.7. The SMILES string of the molecule is C=C/C=C(\C=C)c1cc(-c2ccccc2)nc(-c2ccccc2-c2ccccc2-c2cc(-c3ccccc3)c(-c3ccccc3)c(-c3ccccc3)c2-c2ccccc2)n1. The first kappa shape index (κ1) is 37.6. The Morgan fingerprint density at radius 1 is 0.350 bits per heavy atom. The van der Waals surface area contributed by atoms with Crippen molar-refractivity contribution in [2.75, 3.05) is 0 Å². The number of aromatic nitrogens is 2. The predicted molar refractivity (Wildman–Crippen MR) is 254 cm³/mol. The largest absolute Gasteiger partial charge is 0.228 e. The van der Waals surface area contributed by atoms with Crippen molar-refractivity contribution < 1.29 is 0 Å². The van der Waals surface area contributed by atoms with Crippen molar-refractivity contribution in [2.45, 2.75) is 0 Å². The highest BCUT2D eigenvalue weighted by molar-refractivity contribution is 6.09. The van der Waals surface area contributed by atoms with Crippen molar-refractivity contribution in [3.63, 3.8) is 0 Å². The van der Waals surface area contributed by atoms with Crippen LogP contribution in [0.5, 0.6) is 0 Å². The summed E-state index contributed by atoms with van der Waals surface area (Å²) < 4.78 is 0. The second-order valence-corrected chi connectivity index (χ2v) is 14.5. The highest BCUT2D eigenvalue weighted by Gasteiger charge is 2.25. The van der Waals surface area contributed by atoms with Gasteiger partial charge in [0.25, 0.3) is 0 Å². The summed E-state index contributed by atoms with van der Waals surface area (Å²) in [6, 6.07) is 75.2. The summed E-state index contributed by atoms with van der Waals surface area (Å²) in [6.45, 7) is 8.07. The Hall–Kier alpha value is -7.94. The second-order valence-electron chi connectivity index (χ2n) is 14.5. The van der Waals surface area contributed by atoms with Gasteiger partial charge in [0.2, 0.25) is 0 Å². The van der Waals surface area contributed by atoms with Crippen LogP contribution in [0.15, 0.2) is 244 Å². The normalized spacial score (nSPS) is 11.2. The van der Waals surface area contributed by atoms with Gasteiger partial charge in [0, 0.05) is 11.1 Å². The van der Waals surface area contributed by atoms with Crippen molar-refractivity contribution in [1.82, 2.24) is 9.97 Å². The molecule has 0 fully saturated rings. The number of hydrogen-bond donors (Lipinski definition) is 0. The lowest BCUT2D eigenvalue weighted by Gasteiger charge is -2.25. The molecule has 9 aromatic rings. The number of nitrogens with zero attached hydrogens (tertiary/aromatic N) is 2.